The molecular formula is C51H61N4O9P. The van der Waals surface area contributed by atoms with Crippen molar-refractivity contribution < 1.29 is 44.7 Å². The number of fused-ring (bicyclic) bond motifs is 3. The van der Waals surface area contributed by atoms with E-state index in [0.717, 1.165) is 57.5 Å². The van der Waals surface area contributed by atoms with Gasteiger partial charge in [0.15, 0.2) is 17.1 Å². The molecule has 14 heteroatoms. The number of likely N-dealkylation sites (N-methyl/N-ethyl adjacent to an activating group) is 1. The number of unbranched alkanes of at least 4 members (excludes halogenated alkanes) is 8. The number of rotatable bonds is 18. The molecule has 3 aromatic carbocycles. The van der Waals surface area contributed by atoms with Gasteiger partial charge in [0, 0.05) is 11.5 Å². The number of carbonyl (C=O) groups is 4. The molecule has 3 aliphatic carbocycles. The molecule has 0 bridgehead atoms. The summed E-state index contributed by atoms with van der Waals surface area (Å²) in [7, 11) is 0.636. The van der Waals surface area contributed by atoms with Crippen LogP contribution in [0.3, 0.4) is 0 Å². The average Bonchev–Trinajstić information content (AvgIpc) is 3.29. The second kappa shape index (κ2) is 19.8. The summed E-state index contributed by atoms with van der Waals surface area (Å²) in [6.45, 7) is 1.66. The van der Waals surface area contributed by atoms with Crippen LogP contribution in [0.25, 0.3) is 0 Å². The fraction of sp³-hybridized carbons (Fsp3) is 0.392. The van der Waals surface area contributed by atoms with Crippen LogP contribution in [0, 0.1) is 11.8 Å². The molecule has 0 radical (unpaired) electrons. The van der Waals surface area contributed by atoms with Gasteiger partial charge in [0.25, 0.3) is 5.91 Å². The summed E-state index contributed by atoms with van der Waals surface area (Å²) in [5, 5.41) is 63.3. The molecular weight excluding hydrogens is 844 g/mol. The number of hydrogen-bond acceptors (Lipinski definition) is 11. The van der Waals surface area contributed by atoms with Crippen LogP contribution in [0.15, 0.2) is 120 Å². The molecule has 0 aliphatic heterocycles. The second-order valence-electron chi connectivity index (χ2n) is 18.1. The van der Waals surface area contributed by atoms with Crippen molar-refractivity contribution in [2.45, 2.75) is 94.8 Å². The summed E-state index contributed by atoms with van der Waals surface area (Å²) in [6, 6.07) is 29.7. The molecule has 3 aliphatic rings. The van der Waals surface area contributed by atoms with E-state index in [-0.39, 0.29) is 23.6 Å². The minimum absolute atomic E-state index is 0.0291. The van der Waals surface area contributed by atoms with Crippen molar-refractivity contribution in [1.82, 2.24) is 9.88 Å². The molecule has 8 N–H and O–H groups in total. The number of phenolic OH excluding ortho intramolecular Hbond substituents is 1. The van der Waals surface area contributed by atoms with Gasteiger partial charge in [-0.2, -0.15) is 0 Å². The van der Waals surface area contributed by atoms with Gasteiger partial charge in [-0.15, -0.1) is 0 Å². The molecule has 344 valence electrons. The molecule has 1 heterocycles. The number of nitrogens with zero attached hydrogens (tertiary/aromatic N) is 2. The van der Waals surface area contributed by atoms with Crippen LogP contribution < -0.4 is 27.1 Å². The largest absolute Gasteiger partial charge is 0.510 e. The Bertz CT molecular complexity index is 2380. The Labute approximate surface area is 380 Å². The first kappa shape index (κ1) is 47.2. The van der Waals surface area contributed by atoms with E-state index < -0.39 is 88.7 Å². The van der Waals surface area contributed by atoms with Gasteiger partial charge in [-0.05, 0) is 31.6 Å². The second-order valence-corrected chi connectivity index (χ2v) is 22.0. The molecule has 4 aromatic rings. The number of amides is 2. The number of aromatic hydroxyl groups is 1. The molecule has 0 spiro atoms. The number of anilines is 1. The van der Waals surface area contributed by atoms with Crippen molar-refractivity contribution in [2.75, 3.05) is 25.6 Å². The summed E-state index contributed by atoms with van der Waals surface area (Å²) < 4.78 is 0. The Hall–Kier alpha value is -5.72. The van der Waals surface area contributed by atoms with E-state index in [1.54, 1.807) is 13.0 Å². The quantitative estimate of drug-likeness (QED) is 0.0281. The zero-order valence-electron chi connectivity index (χ0n) is 37.2. The summed E-state index contributed by atoms with van der Waals surface area (Å²) in [4.78, 5) is 59.6. The van der Waals surface area contributed by atoms with E-state index in [4.69, 9.17) is 10.7 Å². The van der Waals surface area contributed by atoms with Crippen LogP contribution >= 0.6 is 7.26 Å². The zero-order chi connectivity index (χ0) is 46.6. The molecule has 0 saturated carbocycles. The first-order chi connectivity index (χ1) is 31.2. The van der Waals surface area contributed by atoms with Gasteiger partial charge in [0.2, 0.25) is 5.78 Å². The molecule has 2 amide bonds. The maximum Gasteiger partial charge on any atom is 0.255 e. The van der Waals surface area contributed by atoms with Crippen molar-refractivity contribution in [3.05, 3.63) is 131 Å². The third kappa shape index (κ3) is 8.63. The van der Waals surface area contributed by atoms with Crippen LogP contribution in [0.4, 0.5) is 5.69 Å². The summed E-state index contributed by atoms with van der Waals surface area (Å²) >= 11 is 0. The number of nitrogens with one attached hydrogen (secondary N) is 1. The van der Waals surface area contributed by atoms with Crippen LogP contribution in [-0.2, 0) is 14.4 Å². The first-order valence-electron chi connectivity index (χ1n) is 22.7. The Morgan fingerprint density at radius 3 is 1.92 bits per heavy atom. The maximum absolute atomic E-state index is 14.2. The van der Waals surface area contributed by atoms with E-state index in [1.165, 1.54) is 41.1 Å². The van der Waals surface area contributed by atoms with Gasteiger partial charge in [-0.3, -0.25) is 24.1 Å². The fourth-order valence-electron chi connectivity index (χ4n) is 10.8. The average molecular weight is 905 g/mol. The SMILES string of the molecule is C[C@H]1c2ccc(NC(=O)CCCCCCCCCCC[PH](c3ccccc3)(c3ccccc3)c3ccccn3)c(O)c2C(=O)C2=C(O)[C@]3(O)C(=O)C(C(N)=O)=C(O)[C@@H](N(C)C)[C@@H]3[C@@H](O)[C@@H]21. The number of aromatic nitrogens is 1. The number of hydrogen-bond donors (Lipinski definition) is 7. The number of Topliss-reactive ketones (excluding diaryl/α,β-unsaturated/α-hetero) is 2. The van der Waals surface area contributed by atoms with Gasteiger partial charge in [0.1, 0.15) is 17.1 Å². The topological polar surface area (TPSA) is 224 Å². The van der Waals surface area contributed by atoms with Gasteiger partial charge in [0.05, 0.1) is 29.3 Å². The van der Waals surface area contributed by atoms with Crippen LogP contribution in [0.1, 0.15) is 93.0 Å². The number of carbonyl (C=O) groups excluding carboxylic acids is 4. The number of pyridine rings is 1. The van der Waals surface area contributed by atoms with Gasteiger partial charge in [-0.1, -0.05) is 13.0 Å². The fourth-order valence-corrected chi connectivity index (χ4v) is 15.5. The summed E-state index contributed by atoms with van der Waals surface area (Å²) in [6.07, 6.45) is 10.7. The minimum atomic E-state index is -3.01. The standard InChI is InChI=1S/C51H61N4O9P/c1-31-34-27-28-35(44(57)39(34)45(58)40-38(31)46(59)42-43(55(2)3)47(60)41(50(52)63)49(62)51(42,64)48(40)61)54-36(56)25-17-9-7-5-4-6-8-10-20-30-65(32-21-13-11-14-22-32,33-23-15-12-16-24-33)37-26-18-19-29-53-37/h11-16,18-19,21-24,26-29,31,38,42-43,46,57,59-61,64-65H,4-10,17,20,25,30H2,1-3H3,(H2,52,63)(H,54,56)/t31-,38+,42+,43-,46-,51-/m0/s1. The van der Waals surface area contributed by atoms with Gasteiger partial charge >= 0.3 is 190 Å². The predicted octanol–water partition coefficient (Wildman–Crippen LogP) is 5.61. The van der Waals surface area contributed by atoms with Crippen molar-refractivity contribution in [1.29, 1.82) is 0 Å². The number of aliphatic hydroxyl groups excluding tert-OH is 3. The van der Waals surface area contributed by atoms with Crippen LogP contribution in [0.2, 0.25) is 0 Å². The summed E-state index contributed by atoms with van der Waals surface area (Å²) in [5.74, 6) is -10.1. The van der Waals surface area contributed by atoms with Crippen molar-refractivity contribution in [3.8, 4) is 5.75 Å². The molecule has 6 atom stereocenters. The molecule has 7 rings (SSSR count). The Morgan fingerprint density at radius 1 is 0.800 bits per heavy atom. The van der Waals surface area contributed by atoms with E-state index in [9.17, 15) is 44.7 Å². The van der Waals surface area contributed by atoms with Crippen molar-refractivity contribution >= 4 is 52.4 Å². The molecule has 0 saturated heterocycles. The Balaban J connectivity index is 0.914. The number of benzene rings is 3. The van der Waals surface area contributed by atoms with E-state index >= 15 is 0 Å². The maximum atomic E-state index is 14.2. The molecule has 0 fully saturated rings. The Morgan fingerprint density at radius 2 is 1.37 bits per heavy atom. The third-order valence-corrected chi connectivity index (χ3v) is 18.9. The van der Waals surface area contributed by atoms with Gasteiger partial charge < -0.3 is 36.6 Å². The number of primary amides is 1. The number of nitrogens with two attached hydrogens (primary N) is 1. The van der Waals surface area contributed by atoms with Crippen LogP contribution in [0.5, 0.6) is 5.75 Å². The molecule has 0 unspecified atom stereocenters. The smallest absolute Gasteiger partial charge is 0.255 e. The molecule has 1 aromatic heterocycles. The van der Waals surface area contributed by atoms with Gasteiger partial charge in [-0.25, -0.2) is 0 Å². The normalized spacial score (nSPS) is 23.2. The van der Waals surface area contributed by atoms with Crippen LogP contribution in [-0.4, -0.2) is 96.8 Å². The first-order valence-corrected chi connectivity index (χ1v) is 24.9. The number of aliphatic hydroxyl groups is 4. The Kier molecular flexibility index (Phi) is 14.4. The molecule has 13 nitrogen and oxygen atoms in total. The van der Waals surface area contributed by atoms with Crippen molar-refractivity contribution in [2.24, 2.45) is 17.6 Å². The molecule has 65 heavy (non-hydrogen) atoms. The van der Waals surface area contributed by atoms with E-state index in [1.807, 2.05) is 12.3 Å². The van der Waals surface area contributed by atoms with E-state index in [2.05, 4.69) is 78.1 Å². The third-order valence-electron chi connectivity index (χ3n) is 14.0. The van der Waals surface area contributed by atoms with E-state index in [0.29, 0.717) is 12.0 Å². The number of ketones is 2. The predicted molar refractivity (Wildman–Crippen MR) is 254 cm³/mol. The monoisotopic (exact) mass is 904 g/mol. The summed E-state index contributed by atoms with van der Waals surface area (Å²) in [5.41, 5.74) is 2.16. The van der Waals surface area contributed by atoms with Crippen molar-refractivity contribution in [3.63, 3.8) is 0 Å². The zero-order valence-corrected chi connectivity index (χ0v) is 38.2. The minimum Gasteiger partial charge on any atom is -0.510 e. The number of phenols is 1.